The number of nitrogen functional groups attached to an aromatic ring is 1. The highest BCUT2D eigenvalue weighted by Crippen LogP contribution is 2.25. The lowest BCUT2D eigenvalue weighted by Crippen LogP contribution is -2.13. The van der Waals surface area contributed by atoms with Gasteiger partial charge in [-0.15, -0.1) is 12.4 Å². The van der Waals surface area contributed by atoms with Gasteiger partial charge in [-0.05, 0) is 12.1 Å². The summed E-state index contributed by atoms with van der Waals surface area (Å²) in [5, 5.41) is 7.67. The average Bonchev–Trinajstić information content (AvgIpc) is 2.03. The van der Waals surface area contributed by atoms with Gasteiger partial charge in [-0.1, -0.05) is 17.7 Å². The van der Waals surface area contributed by atoms with E-state index in [9.17, 15) is 0 Å². The van der Waals surface area contributed by atoms with E-state index in [0.29, 0.717) is 16.3 Å². The Morgan fingerprint density at radius 1 is 1.54 bits per heavy atom. The lowest BCUT2D eigenvalue weighted by atomic mass is 10.2. The molecule has 0 radical (unpaired) electrons. The van der Waals surface area contributed by atoms with E-state index in [1.807, 2.05) is 0 Å². The van der Waals surface area contributed by atoms with Crippen molar-refractivity contribution < 1.29 is 4.74 Å². The van der Waals surface area contributed by atoms with Crippen molar-refractivity contribution in [1.82, 2.24) is 0 Å². The number of methoxy groups -OCH3 is 1. The zero-order chi connectivity index (χ0) is 9.14. The molecule has 0 amide bonds. The molecule has 0 saturated carbocycles. The second-order valence-electron chi connectivity index (χ2n) is 2.23. The van der Waals surface area contributed by atoms with Crippen molar-refractivity contribution in [1.29, 1.82) is 5.41 Å². The van der Waals surface area contributed by atoms with Crippen LogP contribution in [0.1, 0.15) is 5.56 Å². The Kier molecular flexibility index (Phi) is 4.59. The molecule has 0 saturated heterocycles. The normalized spacial score (nSPS) is 8.77. The molecule has 5 heteroatoms. The Morgan fingerprint density at radius 2 is 2.15 bits per heavy atom. The van der Waals surface area contributed by atoms with Crippen molar-refractivity contribution in [2.24, 2.45) is 5.73 Å². The van der Waals surface area contributed by atoms with Gasteiger partial charge in [0, 0.05) is 0 Å². The van der Waals surface area contributed by atoms with Gasteiger partial charge in [0.1, 0.15) is 11.6 Å². The van der Waals surface area contributed by atoms with Crippen LogP contribution in [0, 0.1) is 5.41 Å². The van der Waals surface area contributed by atoms with Crippen molar-refractivity contribution in [3.05, 3.63) is 28.8 Å². The minimum atomic E-state index is -0.0857. The van der Waals surface area contributed by atoms with Crippen LogP contribution in [0.15, 0.2) is 18.2 Å². The summed E-state index contributed by atoms with van der Waals surface area (Å²) >= 11 is 5.80. The SMILES string of the molecule is COc1cccc(Cl)c1C(=N)N.Cl. The first-order valence-corrected chi connectivity index (χ1v) is 3.71. The third-order valence-corrected chi connectivity index (χ3v) is 1.78. The number of benzene rings is 1. The molecule has 0 aliphatic carbocycles. The quantitative estimate of drug-likeness (QED) is 0.593. The fourth-order valence-corrected chi connectivity index (χ4v) is 1.20. The molecule has 0 bridgehead atoms. The van der Waals surface area contributed by atoms with E-state index >= 15 is 0 Å². The molecule has 72 valence electrons. The van der Waals surface area contributed by atoms with Crippen LogP contribution in [0.4, 0.5) is 0 Å². The van der Waals surface area contributed by atoms with Gasteiger partial charge in [0.25, 0.3) is 0 Å². The van der Waals surface area contributed by atoms with Crippen LogP contribution in [-0.4, -0.2) is 12.9 Å². The molecule has 1 rings (SSSR count). The van der Waals surface area contributed by atoms with E-state index in [2.05, 4.69) is 0 Å². The maximum Gasteiger partial charge on any atom is 0.131 e. The summed E-state index contributed by atoms with van der Waals surface area (Å²) in [6.07, 6.45) is 0. The number of nitrogens with two attached hydrogens (primary N) is 1. The number of rotatable bonds is 2. The first kappa shape index (κ1) is 12.1. The number of hydrogen-bond donors (Lipinski definition) is 2. The Hall–Kier alpha value is -0.930. The molecule has 0 aromatic heterocycles. The van der Waals surface area contributed by atoms with E-state index in [1.54, 1.807) is 18.2 Å². The molecule has 1 aromatic carbocycles. The monoisotopic (exact) mass is 220 g/mol. The average molecular weight is 221 g/mol. The molecule has 1 aromatic rings. The Balaban J connectivity index is 0.00000144. The minimum Gasteiger partial charge on any atom is -0.496 e. The number of hydrogen-bond acceptors (Lipinski definition) is 2. The standard InChI is InChI=1S/C8H9ClN2O.ClH/c1-12-6-4-2-3-5(9)7(6)8(10)11;/h2-4H,1H3,(H3,10,11);1H. The lowest BCUT2D eigenvalue weighted by Gasteiger charge is -2.07. The molecule has 3 N–H and O–H groups in total. The van der Waals surface area contributed by atoms with E-state index in [-0.39, 0.29) is 18.2 Å². The summed E-state index contributed by atoms with van der Waals surface area (Å²) < 4.78 is 4.98. The van der Waals surface area contributed by atoms with Gasteiger partial charge in [-0.25, -0.2) is 0 Å². The van der Waals surface area contributed by atoms with Gasteiger partial charge in [-0.3, -0.25) is 5.41 Å². The summed E-state index contributed by atoms with van der Waals surface area (Å²) in [7, 11) is 1.51. The summed E-state index contributed by atoms with van der Waals surface area (Å²) in [5.41, 5.74) is 5.76. The van der Waals surface area contributed by atoms with Gasteiger partial charge in [-0.2, -0.15) is 0 Å². The van der Waals surface area contributed by atoms with Crippen molar-refractivity contribution in [2.75, 3.05) is 7.11 Å². The van der Waals surface area contributed by atoms with Crippen LogP contribution in [0.5, 0.6) is 5.75 Å². The molecule has 13 heavy (non-hydrogen) atoms. The highest BCUT2D eigenvalue weighted by molar-refractivity contribution is 6.34. The van der Waals surface area contributed by atoms with E-state index < -0.39 is 0 Å². The fraction of sp³-hybridized carbons (Fsp3) is 0.125. The molecular weight excluding hydrogens is 211 g/mol. The van der Waals surface area contributed by atoms with E-state index in [1.165, 1.54) is 7.11 Å². The van der Waals surface area contributed by atoms with Gasteiger partial charge < -0.3 is 10.5 Å². The van der Waals surface area contributed by atoms with Crippen LogP contribution in [0.25, 0.3) is 0 Å². The van der Waals surface area contributed by atoms with E-state index in [0.717, 1.165) is 0 Å². The van der Waals surface area contributed by atoms with Crippen molar-refractivity contribution >= 4 is 29.8 Å². The second-order valence-corrected chi connectivity index (χ2v) is 2.64. The summed E-state index contributed by atoms with van der Waals surface area (Å²) in [6.45, 7) is 0. The summed E-state index contributed by atoms with van der Waals surface area (Å²) in [6, 6.07) is 5.12. The van der Waals surface area contributed by atoms with E-state index in [4.69, 9.17) is 27.5 Å². The molecule has 0 unspecified atom stereocenters. The van der Waals surface area contributed by atoms with Crippen molar-refractivity contribution in [2.45, 2.75) is 0 Å². The maximum atomic E-state index is 7.23. The molecule has 0 aliphatic heterocycles. The lowest BCUT2D eigenvalue weighted by molar-refractivity contribution is 0.414. The largest absolute Gasteiger partial charge is 0.496 e. The number of amidine groups is 1. The third kappa shape index (κ3) is 2.50. The molecule has 0 spiro atoms. The highest BCUT2D eigenvalue weighted by Gasteiger charge is 2.09. The molecular formula is C8H10Cl2N2O. The van der Waals surface area contributed by atoms with Gasteiger partial charge in [0.15, 0.2) is 0 Å². The molecule has 0 atom stereocenters. The molecule has 0 fully saturated rings. The minimum absolute atomic E-state index is 0. The topological polar surface area (TPSA) is 59.1 Å². The predicted molar refractivity (Wildman–Crippen MR) is 56.3 cm³/mol. The predicted octanol–water partition coefficient (Wildman–Crippen LogP) is 2.05. The Labute approximate surface area is 87.8 Å². The smallest absolute Gasteiger partial charge is 0.131 e. The van der Waals surface area contributed by atoms with Crippen molar-refractivity contribution in [3.63, 3.8) is 0 Å². The molecule has 3 nitrogen and oxygen atoms in total. The Bertz CT molecular complexity index is 315. The van der Waals surface area contributed by atoms with Crippen molar-refractivity contribution in [3.8, 4) is 5.75 Å². The number of nitrogens with one attached hydrogen (secondary N) is 1. The number of halogens is 2. The first-order valence-electron chi connectivity index (χ1n) is 3.33. The zero-order valence-corrected chi connectivity index (χ0v) is 8.58. The zero-order valence-electron chi connectivity index (χ0n) is 7.00. The maximum absolute atomic E-state index is 7.23. The fourth-order valence-electron chi connectivity index (χ4n) is 0.936. The third-order valence-electron chi connectivity index (χ3n) is 1.46. The van der Waals surface area contributed by atoms with Gasteiger partial charge >= 0.3 is 0 Å². The van der Waals surface area contributed by atoms with Crippen LogP contribution < -0.4 is 10.5 Å². The highest BCUT2D eigenvalue weighted by atomic mass is 35.5. The first-order chi connectivity index (χ1) is 5.66. The summed E-state index contributed by atoms with van der Waals surface area (Å²) in [5.74, 6) is 0.437. The van der Waals surface area contributed by atoms with Crippen LogP contribution in [0.3, 0.4) is 0 Å². The van der Waals surface area contributed by atoms with Crippen LogP contribution in [0.2, 0.25) is 5.02 Å². The number of ether oxygens (including phenoxy) is 1. The van der Waals surface area contributed by atoms with Crippen LogP contribution in [-0.2, 0) is 0 Å². The van der Waals surface area contributed by atoms with Crippen LogP contribution >= 0.6 is 24.0 Å². The summed E-state index contributed by atoms with van der Waals surface area (Å²) in [4.78, 5) is 0. The second kappa shape index (κ2) is 4.94. The van der Waals surface area contributed by atoms with Gasteiger partial charge in [0.05, 0.1) is 17.7 Å². The molecule has 0 aliphatic rings. The Morgan fingerprint density at radius 3 is 2.54 bits per heavy atom. The van der Waals surface area contributed by atoms with Gasteiger partial charge in [0.2, 0.25) is 0 Å². The molecule has 0 heterocycles.